The van der Waals surface area contributed by atoms with Crippen molar-refractivity contribution in [2.24, 2.45) is 5.73 Å². The van der Waals surface area contributed by atoms with Crippen LogP contribution in [0.1, 0.15) is 27.6 Å². The van der Waals surface area contributed by atoms with Crippen molar-refractivity contribution < 1.29 is 22.4 Å². The van der Waals surface area contributed by atoms with Crippen molar-refractivity contribution in [3.8, 4) is 0 Å². The highest BCUT2D eigenvalue weighted by Gasteiger charge is 2.15. The van der Waals surface area contributed by atoms with Gasteiger partial charge >= 0.3 is 0 Å². The minimum absolute atomic E-state index is 0.0312. The first-order chi connectivity index (χ1) is 11.7. The van der Waals surface area contributed by atoms with Gasteiger partial charge in [0.15, 0.2) is 0 Å². The zero-order valence-corrected chi connectivity index (χ0v) is 14.1. The molecule has 0 saturated heterocycles. The quantitative estimate of drug-likeness (QED) is 0.718. The number of anilines is 1. The van der Waals surface area contributed by atoms with Crippen LogP contribution < -0.4 is 15.8 Å². The van der Waals surface area contributed by atoms with Crippen LogP contribution in [0.4, 0.5) is 10.1 Å². The van der Waals surface area contributed by atoms with Gasteiger partial charge in [0.1, 0.15) is 5.82 Å². The average molecular weight is 365 g/mol. The SMILES string of the molecule is CCNS(=O)(=O)c1ccc(C(=O)Nc2ccc(F)c(C(N)=O)c2)cc1. The number of halogens is 1. The predicted molar refractivity (Wildman–Crippen MR) is 90.2 cm³/mol. The Balaban J connectivity index is 2.19. The van der Waals surface area contributed by atoms with E-state index >= 15 is 0 Å². The molecule has 9 heteroatoms. The van der Waals surface area contributed by atoms with Crippen LogP contribution in [0.2, 0.25) is 0 Å². The average Bonchev–Trinajstić information content (AvgIpc) is 2.56. The number of nitrogens with two attached hydrogens (primary N) is 1. The molecule has 0 aliphatic rings. The molecule has 0 aromatic heterocycles. The van der Waals surface area contributed by atoms with E-state index in [9.17, 15) is 22.4 Å². The van der Waals surface area contributed by atoms with E-state index in [-0.39, 0.29) is 28.3 Å². The van der Waals surface area contributed by atoms with E-state index in [4.69, 9.17) is 5.73 Å². The highest BCUT2D eigenvalue weighted by atomic mass is 32.2. The molecule has 0 aliphatic heterocycles. The molecule has 7 nitrogen and oxygen atoms in total. The summed E-state index contributed by atoms with van der Waals surface area (Å²) in [7, 11) is -3.61. The van der Waals surface area contributed by atoms with Crippen LogP contribution in [0.5, 0.6) is 0 Å². The van der Waals surface area contributed by atoms with E-state index in [2.05, 4.69) is 10.0 Å². The lowest BCUT2D eigenvalue weighted by Crippen LogP contribution is -2.23. The molecule has 0 saturated carbocycles. The number of sulfonamides is 1. The van der Waals surface area contributed by atoms with Crippen molar-refractivity contribution >= 4 is 27.5 Å². The molecular weight excluding hydrogens is 349 g/mol. The van der Waals surface area contributed by atoms with Gasteiger partial charge in [-0.25, -0.2) is 17.5 Å². The van der Waals surface area contributed by atoms with Gasteiger partial charge in [-0.05, 0) is 42.5 Å². The lowest BCUT2D eigenvalue weighted by atomic mass is 10.1. The molecule has 0 bridgehead atoms. The molecule has 0 spiro atoms. The van der Waals surface area contributed by atoms with Gasteiger partial charge in [-0.1, -0.05) is 6.92 Å². The first-order valence-corrected chi connectivity index (χ1v) is 8.73. The number of amides is 2. The predicted octanol–water partition coefficient (Wildman–Crippen LogP) is 1.48. The van der Waals surface area contributed by atoms with Crippen LogP contribution in [0, 0.1) is 5.82 Å². The molecule has 0 fully saturated rings. The fourth-order valence-corrected chi connectivity index (χ4v) is 3.10. The monoisotopic (exact) mass is 365 g/mol. The van der Waals surface area contributed by atoms with E-state index in [0.29, 0.717) is 0 Å². The van der Waals surface area contributed by atoms with Gasteiger partial charge in [-0.15, -0.1) is 0 Å². The number of carbonyl (C=O) groups is 2. The van der Waals surface area contributed by atoms with Crippen LogP contribution in [0.25, 0.3) is 0 Å². The number of hydrogen-bond donors (Lipinski definition) is 3. The normalized spacial score (nSPS) is 11.1. The molecule has 0 unspecified atom stereocenters. The summed E-state index contributed by atoms with van der Waals surface area (Å²) >= 11 is 0. The van der Waals surface area contributed by atoms with Gasteiger partial charge in [0.05, 0.1) is 10.5 Å². The molecule has 2 amide bonds. The van der Waals surface area contributed by atoms with Crippen molar-refractivity contribution in [2.75, 3.05) is 11.9 Å². The number of carbonyl (C=O) groups excluding carboxylic acids is 2. The smallest absolute Gasteiger partial charge is 0.255 e. The standard InChI is InChI=1S/C16H16FN3O4S/c1-2-19-25(23,24)12-6-3-10(4-7-12)16(22)20-11-5-8-14(17)13(9-11)15(18)21/h3-9,19H,2H2,1H3,(H2,18,21)(H,20,22). The second-order valence-corrected chi connectivity index (χ2v) is 6.81. The summed E-state index contributed by atoms with van der Waals surface area (Å²) in [5.74, 6) is -2.29. The van der Waals surface area contributed by atoms with Gasteiger partial charge in [0, 0.05) is 17.8 Å². The van der Waals surface area contributed by atoms with Crippen molar-refractivity contribution in [3.05, 3.63) is 59.4 Å². The lowest BCUT2D eigenvalue weighted by molar-refractivity contribution is 0.0992. The maximum absolute atomic E-state index is 13.4. The Labute approximate surface area is 144 Å². The number of nitrogens with one attached hydrogen (secondary N) is 2. The molecule has 2 aromatic rings. The van der Waals surface area contributed by atoms with Gasteiger partial charge < -0.3 is 11.1 Å². The summed E-state index contributed by atoms with van der Waals surface area (Å²) in [5, 5.41) is 2.49. The topological polar surface area (TPSA) is 118 Å². The number of rotatable bonds is 6. The van der Waals surface area contributed by atoms with E-state index in [1.54, 1.807) is 6.92 Å². The largest absolute Gasteiger partial charge is 0.366 e. The molecule has 0 aliphatic carbocycles. The number of benzene rings is 2. The highest BCUT2D eigenvalue weighted by Crippen LogP contribution is 2.16. The molecule has 0 radical (unpaired) electrons. The Kier molecular flexibility index (Phi) is 5.50. The summed E-state index contributed by atoms with van der Waals surface area (Å²) in [6, 6.07) is 8.71. The maximum atomic E-state index is 13.4. The Hall–Kier alpha value is -2.78. The van der Waals surface area contributed by atoms with E-state index in [1.807, 2.05) is 0 Å². The first kappa shape index (κ1) is 18.6. The van der Waals surface area contributed by atoms with Crippen LogP contribution in [-0.4, -0.2) is 26.8 Å². The summed E-state index contributed by atoms with van der Waals surface area (Å²) in [6.07, 6.45) is 0. The summed E-state index contributed by atoms with van der Waals surface area (Å²) < 4.78 is 39.5. The van der Waals surface area contributed by atoms with Gasteiger partial charge in [-0.2, -0.15) is 0 Å². The van der Waals surface area contributed by atoms with Crippen molar-refractivity contribution in [2.45, 2.75) is 11.8 Å². The fourth-order valence-electron chi connectivity index (χ4n) is 2.05. The van der Waals surface area contributed by atoms with Crippen LogP contribution in [0.3, 0.4) is 0 Å². The van der Waals surface area contributed by atoms with Crippen LogP contribution in [0.15, 0.2) is 47.4 Å². The van der Waals surface area contributed by atoms with E-state index in [0.717, 1.165) is 12.1 Å². The number of hydrogen-bond acceptors (Lipinski definition) is 4. The molecular formula is C16H16FN3O4S. The Morgan fingerprint density at radius 3 is 2.32 bits per heavy atom. The third kappa shape index (κ3) is 4.40. The Morgan fingerprint density at radius 2 is 1.76 bits per heavy atom. The van der Waals surface area contributed by atoms with Crippen LogP contribution in [-0.2, 0) is 10.0 Å². The zero-order valence-electron chi connectivity index (χ0n) is 13.2. The summed E-state index contributed by atoms with van der Waals surface area (Å²) in [4.78, 5) is 23.3. The second kappa shape index (κ2) is 7.41. The zero-order chi connectivity index (χ0) is 18.6. The van der Waals surface area contributed by atoms with Crippen molar-refractivity contribution in [1.29, 1.82) is 0 Å². The first-order valence-electron chi connectivity index (χ1n) is 7.25. The molecule has 4 N–H and O–H groups in total. The Bertz CT molecular complexity index is 911. The molecule has 132 valence electrons. The Morgan fingerprint density at radius 1 is 1.12 bits per heavy atom. The minimum Gasteiger partial charge on any atom is -0.366 e. The highest BCUT2D eigenvalue weighted by molar-refractivity contribution is 7.89. The van der Waals surface area contributed by atoms with Crippen LogP contribution >= 0.6 is 0 Å². The lowest BCUT2D eigenvalue weighted by Gasteiger charge is -2.08. The van der Waals surface area contributed by atoms with E-state index < -0.39 is 27.7 Å². The minimum atomic E-state index is -3.61. The fraction of sp³-hybridized carbons (Fsp3) is 0.125. The molecule has 0 heterocycles. The van der Waals surface area contributed by atoms with Crippen molar-refractivity contribution in [1.82, 2.24) is 4.72 Å². The number of primary amides is 1. The molecule has 0 atom stereocenters. The molecule has 2 aromatic carbocycles. The van der Waals surface area contributed by atoms with Gasteiger partial charge in [-0.3, -0.25) is 9.59 Å². The molecule has 2 rings (SSSR count). The third-order valence-corrected chi connectivity index (χ3v) is 4.81. The van der Waals surface area contributed by atoms with Gasteiger partial charge in [0.25, 0.3) is 11.8 Å². The van der Waals surface area contributed by atoms with E-state index in [1.165, 1.54) is 30.3 Å². The summed E-state index contributed by atoms with van der Waals surface area (Å²) in [5.41, 5.74) is 5.09. The third-order valence-electron chi connectivity index (χ3n) is 3.25. The maximum Gasteiger partial charge on any atom is 0.255 e. The second-order valence-electron chi connectivity index (χ2n) is 5.04. The van der Waals surface area contributed by atoms with Gasteiger partial charge in [0.2, 0.25) is 10.0 Å². The summed E-state index contributed by atoms with van der Waals surface area (Å²) in [6.45, 7) is 1.90. The van der Waals surface area contributed by atoms with Crippen molar-refractivity contribution in [3.63, 3.8) is 0 Å². The molecule has 25 heavy (non-hydrogen) atoms.